The molecule has 4 heteroatoms. The SMILES string of the molecule is CCN(c1ccc(C(N)=S)cc1Br)C1CCCCC1. The Morgan fingerprint density at radius 1 is 1.37 bits per heavy atom. The molecule has 0 radical (unpaired) electrons. The van der Waals surface area contributed by atoms with E-state index in [1.165, 1.54) is 37.8 Å². The van der Waals surface area contributed by atoms with Crippen molar-refractivity contribution in [3.8, 4) is 0 Å². The summed E-state index contributed by atoms with van der Waals surface area (Å²) in [5.74, 6) is 0. The Hall–Kier alpha value is -0.610. The van der Waals surface area contributed by atoms with Crippen LogP contribution in [0.1, 0.15) is 44.6 Å². The van der Waals surface area contributed by atoms with Crippen molar-refractivity contribution in [3.05, 3.63) is 28.2 Å². The predicted molar refractivity (Wildman–Crippen MR) is 89.9 cm³/mol. The zero-order valence-corrected chi connectivity index (χ0v) is 13.8. The van der Waals surface area contributed by atoms with Crippen LogP contribution in [0.3, 0.4) is 0 Å². The molecule has 0 atom stereocenters. The van der Waals surface area contributed by atoms with E-state index in [9.17, 15) is 0 Å². The second-order valence-electron chi connectivity index (χ2n) is 5.11. The van der Waals surface area contributed by atoms with Gasteiger partial charge in [-0.05, 0) is 53.9 Å². The molecule has 1 aliphatic carbocycles. The van der Waals surface area contributed by atoms with Crippen molar-refractivity contribution in [2.75, 3.05) is 11.4 Å². The summed E-state index contributed by atoms with van der Waals surface area (Å²) in [4.78, 5) is 2.96. The van der Waals surface area contributed by atoms with Gasteiger partial charge in [0.15, 0.2) is 0 Å². The van der Waals surface area contributed by atoms with Crippen molar-refractivity contribution in [1.29, 1.82) is 0 Å². The standard InChI is InChI=1S/C15H21BrN2S/c1-2-18(12-6-4-3-5-7-12)14-9-8-11(15(17)19)10-13(14)16/h8-10,12H,2-7H2,1H3,(H2,17,19). The van der Waals surface area contributed by atoms with Crippen LogP contribution in [0.4, 0.5) is 5.69 Å². The Morgan fingerprint density at radius 2 is 2.05 bits per heavy atom. The number of nitrogens with zero attached hydrogens (tertiary/aromatic N) is 1. The molecular formula is C15H21BrN2S. The van der Waals surface area contributed by atoms with E-state index in [4.69, 9.17) is 18.0 Å². The third kappa shape index (κ3) is 3.48. The number of hydrogen-bond donors (Lipinski definition) is 1. The Kier molecular flexibility index (Phi) is 5.22. The monoisotopic (exact) mass is 340 g/mol. The Bertz CT molecular complexity index is 455. The molecule has 0 aromatic heterocycles. The van der Waals surface area contributed by atoms with Gasteiger partial charge in [0, 0.05) is 22.6 Å². The molecule has 19 heavy (non-hydrogen) atoms. The summed E-state index contributed by atoms with van der Waals surface area (Å²) in [7, 11) is 0. The van der Waals surface area contributed by atoms with Crippen molar-refractivity contribution in [2.45, 2.75) is 45.1 Å². The van der Waals surface area contributed by atoms with E-state index in [0.717, 1.165) is 16.6 Å². The van der Waals surface area contributed by atoms with Gasteiger partial charge in [-0.2, -0.15) is 0 Å². The van der Waals surface area contributed by atoms with Crippen LogP contribution in [0.15, 0.2) is 22.7 Å². The van der Waals surface area contributed by atoms with Crippen molar-refractivity contribution < 1.29 is 0 Å². The van der Waals surface area contributed by atoms with Gasteiger partial charge in [-0.15, -0.1) is 0 Å². The summed E-state index contributed by atoms with van der Waals surface area (Å²) in [5, 5.41) is 0. The predicted octanol–water partition coefficient (Wildman–Crippen LogP) is 4.24. The first-order chi connectivity index (χ1) is 9.13. The average molecular weight is 341 g/mol. The average Bonchev–Trinajstić information content (AvgIpc) is 2.42. The van der Waals surface area contributed by atoms with Crippen LogP contribution in [-0.2, 0) is 0 Å². The zero-order chi connectivity index (χ0) is 13.8. The lowest BCUT2D eigenvalue weighted by Crippen LogP contribution is -2.36. The quantitative estimate of drug-likeness (QED) is 0.831. The number of hydrogen-bond acceptors (Lipinski definition) is 2. The molecule has 104 valence electrons. The number of nitrogens with two attached hydrogens (primary N) is 1. The normalized spacial score (nSPS) is 16.3. The molecule has 0 aliphatic heterocycles. The van der Waals surface area contributed by atoms with Crippen LogP contribution in [0.25, 0.3) is 0 Å². The number of rotatable bonds is 4. The minimum absolute atomic E-state index is 0.452. The number of anilines is 1. The van der Waals surface area contributed by atoms with Crippen molar-refractivity contribution >= 4 is 38.8 Å². The van der Waals surface area contributed by atoms with Gasteiger partial charge in [0.2, 0.25) is 0 Å². The first-order valence-corrected chi connectivity index (χ1v) is 8.19. The highest BCUT2D eigenvalue weighted by Gasteiger charge is 2.21. The van der Waals surface area contributed by atoms with E-state index in [1.54, 1.807) is 0 Å². The summed E-state index contributed by atoms with van der Waals surface area (Å²) in [5.41, 5.74) is 7.86. The van der Waals surface area contributed by atoms with E-state index in [1.807, 2.05) is 12.1 Å². The molecule has 2 rings (SSSR count). The molecule has 2 nitrogen and oxygen atoms in total. The van der Waals surface area contributed by atoms with Gasteiger partial charge in [0.05, 0.1) is 5.69 Å². The molecule has 1 aromatic rings. The van der Waals surface area contributed by atoms with Crippen LogP contribution in [0.5, 0.6) is 0 Å². The number of benzene rings is 1. The summed E-state index contributed by atoms with van der Waals surface area (Å²) >= 11 is 8.69. The van der Waals surface area contributed by atoms with Crippen LogP contribution in [0, 0.1) is 0 Å². The lowest BCUT2D eigenvalue weighted by atomic mass is 9.93. The maximum absolute atomic E-state index is 5.68. The molecule has 1 saturated carbocycles. The zero-order valence-electron chi connectivity index (χ0n) is 11.4. The summed E-state index contributed by atoms with van der Waals surface area (Å²) in [6.45, 7) is 3.26. The molecule has 0 bridgehead atoms. The van der Waals surface area contributed by atoms with E-state index in [2.05, 4.69) is 33.8 Å². The fraction of sp³-hybridized carbons (Fsp3) is 0.533. The maximum Gasteiger partial charge on any atom is 0.104 e. The molecule has 0 saturated heterocycles. The van der Waals surface area contributed by atoms with E-state index >= 15 is 0 Å². The Balaban J connectivity index is 2.24. The molecular weight excluding hydrogens is 320 g/mol. The van der Waals surface area contributed by atoms with Gasteiger partial charge in [0.1, 0.15) is 4.99 Å². The summed E-state index contributed by atoms with van der Waals surface area (Å²) in [6, 6.07) is 6.86. The van der Waals surface area contributed by atoms with Crippen LogP contribution in [-0.4, -0.2) is 17.6 Å². The van der Waals surface area contributed by atoms with Crippen LogP contribution < -0.4 is 10.6 Å². The maximum atomic E-state index is 5.68. The molecule has 0 amide bonds. The second-order valence-corrected chi connectivity index (χ2v) is 6.40. The van der Waals surface area contributed by atoms with Gasteiger partial charge in [-0.25, -0.2) is 0 Å². The Labute approximate surface area is 129 Å². The first kappa shape index (κ1) is 14.8. The van der Waals surface area contributed by atoms with Gasteiger partial charge in [-0.1, -0.05) is 31.5 Å². The third-order valence-electron chi connectivity index (χ3n) is 3.90. The van der Waals surface area contributed by atoms with Crippen molar-refractivity contribution in [2.24, 2.45) is 5.73 Å². The fourth-order valence-electron chi connectivity index (χ4n) is 2.91. The Morgan fingerprint density at radius 3 is 2.58 bits per heavy atom. The van der Waals surface area contributed by atoms with E-state index in [0.29, 0.717) is 11.0 Å². The van der Waals surface area contributed by atoms with Gasteiger partial charge < -0.3 is 10.6 Å². The molecule has 1 fully saturated rings. The highest BCUT2D eigenvalue weighted by atomic mass is 79.9. The smallest absolute Gasteiger partial charge is 0.104 e. The van der Waals surface area contributed by atoms with Gasteiger partial charge in [0.25, 0.3) is 0 Å². The molecule has 1 aliphatic rings. The lowest BCUT2D eigenvalue weighted by molar-refractivity contribution is 0.418. The summed E-state index contributed by atoms with van der Waals surface area (Å²) in [6.07, 6.45) is 6.69. The number of halogens is 1. The highest BCUT2D eigenvalue weighted by molar-refractivity contribution is 9.10. The molecule has 0 heterocycles. The fourth-order valence-corrected chi connectivity index (χ4v) is 3.64. The largest absolute Gasteiger partial charge is 0.389 e. The molecule has 0 spiro atoms. The first-order valence-electron chi connectivity index (χ1n) is 6.99. The second kappa shape index (κ2) is 6.71. The topological polar surface area (TPSA) is 29.3 Å². The summed E-state index contributed by atoms with van der Waals surface area (Å²) < 4.78 is 1.09. The minimum Gasteiger partial charge on any atom is -0.389 e. The number of thiocarbonyl (C=S) groups is 1. The van der Waals surface area contributed by atoms with Crippen molar-refractivity contribution in [3.63, 3.8) is 0 Å². The van der Waals surface area contributed by atoms with Crippen molar-refractivity contribution in [1.82, 2.24) is 0 Å². The van der Waals surface area contributed by atoms with Crippen LogP contribution in [0.2, 0.25) is 0 Å². The van der Waals surface area contributed by atoms with Gasteiger partial charge in [-0.3, -0.25) is 0 Å². The lowest BCUT2D eigenvalue weighted by Gasteiger charge is -2.36. The highest BCUT2D eigenvalue weighted by Crippen LogP contribution is 2.32. The molecule has 0 unspecified atom stereocenters. The molecule has 2 N–H and O–H groups in total. The van der Waals surface area contributed by atoms with Gasteiger partial charge >= 0.3 is 0 Å². The van der Waals surface area contributed by atoms with E-state index < -0.39 is 0 Å². The molecule has 1 aromatic carbocycles. The van der Waals surface area contributed by atoms with E-state index in [-0.39, 0.29) is 0 Å². The minimum atomic E-state index is 0.452. The third-order valence-corrected chi connectivity index (χ3v) is 4.77. The van der Waals surface area contributed by atoms with Crippen LogP contribution >= 0.6 is 28.1 Å².